The Morgan fingerprint density at radius 3 is 2.75 bits per heavy atom. The Morgan fingerprint density at radius 1 is 1.40 bits per heavy atom. The fourth-order valence-corrected chi connectivity index (χ4v) is 2.81. The number of thiophene rings is 1. The molecule has 0 saturated heterocycles. The lowest BCUT2D eigenvalue weighted by atomic mass is 10.1. The highest BCUT2D eigenvalue weighted by molar-refractivity contribution is 9.10. The Balaban J connectivity index is 2.32. The van der Waals surface area contributed by atoms with Crippen LogP contribution in [0.5, 0.6) is 0 Å². The number of nitrogens with zero attached hydrogens (tertiary/aromatic N) is 1. The Hall–Kier alpha value is -1.57. The number of amides is 1. The van der Waals surface area contributed by atoms with E-state index in [1.807, 2.05) is 0 Å². The van der Waals surface area contributed by atoms with E-state index in [1.165, 1.54) is 11.3 Å². The van der Waals surface area contributed by atoms with Crippen molar-refractivity contribution in [1.29, 1.82) is 0 Å². The molecule has 0 spiro atoms. The van der Waals surface area contributed by atoms with Crippen molar-refractivity contribution in [3.8, 4) is 0 Å². The second-order valence-corrected chi connectivity index (χ2v) is 6.36. The molecule has 0 atom stereocenters. The molecule has 0 fully saturated rings. The third-order valence-electron chi connectivity index (χ3n) is 2.41. The standard InChI is InChI=1S/C12H9BrClN3O2S/c13-6-1-2-8(7(5-6)11(15)17-19)16-12(18)9-3-4-10(14)20-9/h1-5,19H,(H2,15,17)(H,16,18). The lowest BCUT2D eigenvalue weighted by molar-refractivity contribution is 0.103. The summed E-state index contributed by atoms with van der Waals surface area (Å²) in [4.78, 5) is 12.5. The van der Waals surface area contributed by atoms with Crippen molar-refractivity contribution in [3.63, 3.8) is 0 Å². The largest absolute Gasteiger partial charge is 0.409 e. The van der Waals surface area contributed by atoms with Crippen molar-refractivity contribution in [3.05, 3.63) is 49.6 Å². The van der Waals surface area contributed by atoms with E-state index in [2.05, 4.69) is 26.4 Å². The average Bonchev–Trinajstić information content (AvgIpc) is 2.86. The number of amidine groups is 1. The zero-order valence-electron chi connectivity index (χ0n) is 9.93. The predicted molar refractivity (Wildman–Crippen MR) is 83.9 cm³/mol. The second kappa shape index (κ2) is 6.25. The van der Waals surface area contributed by atoms with Gasteiger partial charge < -0.3 is 16.3 Å². The number of carbonyl (C=O) groups excluding carboxylic acids is 1. The van der Waals surface area contributed by atoms with Gasteiger partial charge in [0, 0.05) is 10.0 Å². The summed E-state index contributed by atoms with van der Waals surface area (Å²) in [5, 5.41) is 14.4. The van der Waals surface area contributed by atoms with Gasteiger partial charge in [-0.15, -0.1) is 11.3 Å². The highest BCUT2D eigenvalue weighted by Crippen LogP contribution is 2.25. The minimum absolute atomic E-state index is 0.0918. The zero-order chi connectivity index (χ0) is 14.7. The highest BCUT2D eigenvalue weighted by atomic mass is 79.9. The van der Waals surface area contributed by atoms with E-state index < -0.39 is 0 Å². The molecule has 4 N–H and O–H groups in total. The first-order chi connectivity index (χ1) is 9.51. The maximum absolute atomic E-state index is 12.1. The first-order valence-electron chi connectivity index (χ1n) is 5.35. The van der Waals surface area contributed by atoms with Gasteiger partial charge in [-0.1, -0.05) is 32.7 Å². The van der Waals surface area contributed by atoms with E-state index in [1.54, 1.807) is 30.3 Å². The van der Waals surface area contributed by atoms with Gasteiger partial charge in [0.25, 0.3) is 5.91 Å². The fourth-order valence-electron chi connectivity index (χ4n) is 1.51. The van der Waals surface area contributed by atoms with E-state index in [0.717, 1.165) is 4.47 Å². The van der Waals surface area contributed by atoms with Gasteiger partial charge in [0.2, 0.25) is 0 Å². The molecule has 1 heterocycles. The predicted octanol–water partition coefficient (Wildman–Crippen LogP) is 3.51. The van der Waals surface area contributed by atoms with Crippen molar-refractivity contribution < 1.29 is 10.0 Å². The summed E-state index contributed by atoms with van der Waals surface area (Å²) >= 11 is 10.3. The molecule has 0 aliphatic rings. The van der Waals surface area contributed by atoms with Gasteiger partial charge in [0.1, 0.15) is 0 Å². The van der Waals surface area contributed by atoms with Gasteiger partial charge in [-0.25, -0.2) is 0 Å². The van der Waals surface area contributed by atoms with Gasteiger partial charge >= 0.3 is 0 Å². The van der Waals surface area contributed by atoms with Crippen LogP contribution in [0.15, 0.2) is 40.0 Å². The summed E-state index contributed by atoms with van der Waals surface area (Å²) in [6.07, 6.45) is 0. The van der Waals surface area contributed by atoms with E-state index in [9.17, 15) is 4.79 Å². The Bertz CT molecular complexity index is 687. The normalized spacial score (nSPS) is 11.4. The molecule has 2 aromatic rings. The van der Waals surface area contributed by atoms with Crippen LogP contribution in [-0.2, 0) is 0 Å². The van der Waals surface area contributed by atoms with Crippen LogP contribution in [0.4, 0.5) is 5.69 Å². The highest BCUT2D eigenvalue weighted by Gasteiger charge is 2.13. The molecule has 20 heavy (non-hydrogen) atoms. The monoisotopic (exact) mass is 373 g/mol. The number of halogens is 2. The average molecular weight is 375 g/mol. The molecular formula is C12H9BrClN3O2S. The van der Waals surface area contributed by atoms with Gasteiger partial charge in [0.15, 0.2) is 5.84 Å². The number of hydrogen-bond acceptors (Lipinski definition) is 4. The molecule has 5 nitrogen and oxygen atoms in total. The van der Waals surface area contributed by atoms with E-state index in [4.69, 9.17) is 22.5 Å². The third kappa shape index (κ3) is 3.30. The number of anilines is 1. The lowest BCUT2D eigenvalue weighted by Gasteiger charge is -2.10. The number of rotatable bonds is 3. The molecule has 1 amide bonds. The van der Waals surface area contributed by atoms with Crippen molar-refractivity contribution >= 4 is 56.3 Å². The maximum Gasteiger partial charge on any atom is 0.265 e. The summed E-state index contributed by atoms with van der Waals surface area (Å²) in [7, 11) is 0. The van der Waals surface area contributed by atoms with Crippen LogP contribution in [0.25, 0.3) is 0 Å². The van der Waals surface area contributed by atoms with Gasteiger partial charge in [-0.05, 0) is 30.3 Å². The lowest BCUT2D eigenvalue weighted by Crippen LogP contribution is -2.18. The first-order valence-corrected chi connectivity index (χ1v) is 7.34. The Morgan fingerprint density at radius 2 is 2.15 bits per heavy atom. The van der Waals surface area contributed by atoms with E-state index >= 15 is 0 Å². The van der Waals surface area contributed by atoms with E-state index in [0.29, 0.717) is 20.5 Å². The quantitative estimate of drug-likeness (QED) is 0.332. The van der Waals surface area contributed by atoms with Crippen molar-refractivity contribution in [2.75, 3.05) is 5.32 Å². The van der Waals surface area contributed by atoms with Crippen LogP contribution < -0.4 is 11.1 Å². The number of hydrogen-bond donors (Lipinski definition) is 3. The van der Waals surface area contributed by atoms with Crippen molar-refractivity contribution in [2.24, 2.45) is 10.9 Å². The molecule has 2 rings (SSSR count). The van der Waals surface area contributed by atoms with Crippen LogP contribution in [0.2, 0.25) is 4.34 Å². The van der Waals surface area contributed by atoms with Gasteiger partial charge in [-0.2, -0.15) is 0 Å². The summed E-state index contributed by atoms with van der Waals surface area (Å²) in [5.41, 5.74) is 6.45. The molecule has 0 bridgehead atoms. The van der Waals surface area contributed by atoms with E-state index in [-0.39, 0.29) is 11.7 Å². The molecule has 1 aromatic carbocycles. The van der Waals surface area contributed by atoms with Crippen LogP contribution in [-0.4, -0.2) is 17.0 Å². The first kappa shape index (κ1) is 14.8. The summed E-state index contributed by atoms with van der Waals surface area (Å²) < 4.78 is 1.28. The molecular weight excluding hydrogens is 366 g/mol. The fraction of sp³-hybridized carbons (Fsp3) is 0. The van der Waals surface area contributed by atoms with Crippen LogP contribution >= 0.6 is 38.9 Å². The zero-order valence-corrected chi connectivity index (χ0v) is 13.1. The molecule has 0 aliphatic heterocycles. The van der Waals surface area contributed by atoms with Gasteiger partial charge in [0.05, 0.1) is 14.9 Å². The second-order valence-electron chi connectivity index (χ2n) is 3.73. The van der Waals surface area contributed by atoms with Gasteiger partial charge in [-0.3, -0.25) is 4.79 Å². The number of oxime groups is 1. The minimum atomic E-state index is -0.309. The van der Waals surface area contributed by atoms with Crippen molar-refractivity contribution in [1.82, 2.24) is 0 Å². The smallest absolute Gasteiger partial charge is 0.265 e. The molecule has 8 heteroatoms. The minimum Gasteiger partial charge on any atom is -0.409 e. The van der Waals surface area contributed by atoms with Crippen molar-refractivity contribution in [2.45, 2.75) is 0 Å². The Kier molecular flexibility index (Phi) is 4.64. The Labute approximate surface area is 132 Å². The SMILES string of the molecule is N/C(=N/O)c1cc(Br)ccc1NC(=O)c1ccc(Cl)s1. The van der Waals surface area contributed by atoms with Crippen LogP contribution in [0.3, 0.4) is 0 Å². The molecule has 104 valence electrons. The van der Waals surface area contributed by atoms with Crippen LogP contribution in [0.1, 0.15) is 15.2 Å². The molecule has 0 aliphatic carbocycles. The number of carbonyl (C=O) groups is 1. The number of benzene rings is 1. The third-order valence-corrected chi connectivity index (χ3v) is 4.13. The molecule has 1 aromatic heterocycles. The maximum atomic E-state index is 12.1. The molecule has 0 saturated carbocycles. The summed E-state index contributed by atoms with van der Waals surface area (Å²) in [6, 6.07) is 8.32. The molecule has 0 unspecified atom stereocenters. The summed E-state index contributed by atoms with van der Waals surface area (Å²) in [6.45, 7) is 0. The van der Waals surface area contributed by atoms with Crippen LogP contribution in [0, 0.1) is 0 Å². The number of nitrogens with two attached hydrogens (primary N) is 1. The number of nitrogens with one attached hydrogen (secondary N) is 1. The topological polar surface area (TPSA) is 87.7 Å². The summed E-state index contributed by atoms with van der Waals surface area (Å²) in [5.74, 6) is -0.401. The molecule has 0 radical (unpaired) electrons.